The smallest absolute Gasteiger partial charge is 0.269 e. The van der Waals surface area contributed by atoms with Crippen LogP contribution in [0.5, 0.6) is 11.5 Å². The van der Waals surface area contributed by atoms with Gasteiger partial charge in [-0.3, -0.25) is 14.9 Å². The van der Waals surface area contributed by atoms with E-state index in [0.29, 0.717) is 24.6 Å². The lowest BCUT2D eigenvalue weighted by atomic mass is 10.2. The molecular weight excluding hydrogens is 338 g/mol. The lowest BCUT2D eigenvalue weighted by molar-refractivity contribution is -0.384. The molecule has 0 aliphatic carbocycles. The molecule has 2 aromatic rings. The van der Waals surface area contributed by atoms with Gasteiger partial charge in [-0.2, -0.15) is 0 Å². The van der Waals surface area contributed by atoms with Gasteiger partial charge in [-0.15, -0.1) is 0 Å². The van der Waals surface area contributed by atoms with Gasteiger partial charge in [0.2, 0.25) is 12.7 Å². The van der Waals surface area contributed by atoms with Crippen LogP contribution in [0.25, 0.3) is 6.08 Å². The molecule has 0 fully saturated rings. The van der Waals surface area contributed by atoms with Crippen molar-refractivity contribution in [1.29, 1.82) is 0 Å². The van der Waals surface area contributed by atoms with Gasteiger partial charge in [0.15, 0.2) is 11.5 Å². The van der Waals surface area contributed by atoms with E-state index in [9.17, 15) is 14.9 Å². The van der Waals surface area contributed by atoms with Crippen molar-refractivity contribution in [1.82, 2.24) is 5.32 Å². The number of nitrogens with one attached hydrogen (secondary N) is 2. The number of nitro benzene ring substituents is 1. The number of hydrogen-bond donors (Lipinski definition) is 2. The Hall–Kier alpha value is -3.55. The minimum Gasteiger partial charge on any atom is -0.454 e. The highest BCUT2D eigenvalue weighted by Gasteiger charge is 2.12. The number of carbonyl (C=O) groups is 1. The minimum absolute atomic E-state index is 0.0394. The number of carbonyl (C=O) groups excluding carboxylic acids is 1. The fourth-order valence-electron chi connectivity index (χ4n) is 2.34. The molecule has 1 aliphatic heterocycles. The molecule has 8 heteroatoms. The predicted molar refractivity (Wildman–Crippen MR) is 96.2 cm³/mol. The van der Waals surface area contributed by atoms with Gasteiger partial charge in [-0.1, -0.05) is 6.07 Å². The standard InChI is InChI=1S/C18H17N3O5/c22-18(8-2-13-1-7-16-17(11-13)26-12-25-16)20-10-9-19-14-3-5-15(6-4-14)21(23)24/h1-8,11,19H,9-10,12H2,(H,20,22)/b8-2+. The number of anilines is 1. The van der Waals surface area contributed by atoms with Crippen molar-refractivity contribution in [3.63, 3.8) is 0 Å². The van der Waals surface area contributed by atoms with Crippen molar-refractivity contribution < 1.29 is 19.2 Å². The molecule has 8 nitrogen and oxygen atoms in total. The molecule has 0 saturated carbocycles. The number of benzene rings is 2. The van der Waals surface area contributed by atoms with Gasteiger partial charge in [0.1, 0.15) is 0 Å². The minimum atomic E-state index is -0.448. The molecule has 0 spiro atoms. The zero-order chi connectivity index (χ0) is 18.4. The number of non-ortho nitro benzene ring substituents is 1. The lowest BCUT2D eigenvalue weighted by Gasteiger charge is -2.06. The molecule has 0 unspecified atom stereocenters. The summed E-state index contributed by atoms with van der Waals surface area (Å²) in [5.74, 6) is 1.15. The molecule has 134 valence electrons. The van der Waals surface area contributed by atoms with E-state index >= 15 is 0 Å². The Bertz CT molecular complexity index is 833. The van der Waals surface area contributed by atoms with Gasteiger partial charge in [0.25, 0.3) is 5.69 Å². The fraction of sp³-hybridized carbons (Fsp3) is 0.167. The van der Waals surface area contributed by atoms with Gasteiger partial charge in [-0.05, 0) is 35.9 Å². The molecule has 0 aromatic heterocycles. The van der Waals surface area contributed by atoms with E-state index in [1.807, 2.05) is 12.1 Å². The van der Waals surface area contributed by atoms with Crippen molar-refractivity contribution in [2.24, 2.45) is 0 Å². The number of hydrogen-bond acceptors (Lipinski definition) is 6. The van der Waals surface area contributed by atoms with Gasteiger partial charge in [0.05, 0.1) is 4.92 Å². The average molecular weight is 355 g/mol. The molecular formula is C18H17N3O5. The van der Waals surface area contributed by atoms with Crippen LogP contribution in [-0.2, 0) is 4.79 Å². The lowest BCUT2D eigenvalue weighted by Crippen LogP contribution is -2.27. The molecule has 1 aliphatic rings. The quantitative estimate of drug-likeness (QED) is 0.342. The Balaban J connectivity index is 1.40. The van der Waals surface area contributed by atoms with Crippen molar-refractivity contribution in [3.8, 4) is 11.5 Å². The summed E-state index contributed by atoms with van der Waals surface area (Å²) in [6, 6.07) is 11.5. The molecule has 1 amide bonds. The SMILES string of the molecule is O=C(/C=C/c1ccc2c(c1)OCO2)NCCNc1ccc([N+](=O)[O-])cc1. The first kappa shape index (κ1) is 17.3. The molecule has 0 saturated heterocycles. The first-order valence-electron chi connectivity index (χ1n) is 7.96. The van der Waals surface area contributed by atoms with E-state index < -0.39 is 4.92 Å². The third-order valence-electron chi connectivity index (χ3n) is 3.66. The van der Waals surface area contributed by atoms with E-state index in [4.69, 9.17) is 9.47 Å². The van der Waals surface area contributed by atoms with E-state index in [1.165, 1.54) is 18.2 Å². The maximum absolute atomic E-state index is 11.8. The van der Waals surface area contributed by atoms with Crippen molar-refractivity contribution in [2.45, 2.75) is 0 Å². The molecule has 2 aromatic carbocycles. The van der Waals surface area contributed by atoms with E-state index in [2.05, 4.69) is 10.6 Å². The number of nitro groups is 1. The Morgan fingerprint density at radius 2 is 1.88 bits per heavy atom. The third-order valence-corrected chi connectivity index (χ3v) is 3.66. The summed E-state index contributed by atoms with van der Waals surface area (Å²) in [6.45, 7) is 1.13. The molecule has 0 bridgehead atoms. The van der Waals surface area contributed by atoms with Crippen molar-refractivity contribution in [3.05, 3.63) is 64.2 Å². The second-order valence-electron chi connectivity index (χ2n) is 5.47. The Labute approximate surface area is 149 Å². The van der Waals surface area contributed by atoms with Crippen LogP contribution in [0.4, 0.5) is 11.4 Å². The molecule has 0 radical (unpaired) electrons. The number of ether oxygens (including phenoxy) is 2. The monoisotopic (exact) mass is 355 g/mol. The fourth-order valence-corrected chi connectivity index (χ4v) is 2.34. The topological polar surface area (TPSA) is 103 Å². The van der Waals surface area contributed by atoms with E-state index in [0.717, 1.165) is 11.3 Å². The highest BCUT2D eigenvalue weighted by Crippen LogP contribution is 2.32. The number of amides is 1. The Morgan fingerprint density at radius 3 is 2.65 bits per heavy atom. The highest BCUT2D eigenvalue weighted by atomic mass is 16.7. The van der Waals surface area contributed by atoms with E-state index in [-0.39, 0.29) is 18.4 Å². The van der Waals surface area contributed by atoms with Crippen LogP contribution in [0, 0.1) is 10.1 Å². The number of fused-ring (bicyclic) bond motifs is 1. The van der Waals surface area contributed by atoms with Crippen LogP contribution in [0.2, 0.25) is 0 Å². The summed E-state index contributed by atoms with van der Waals surface area (Å²) in [6.07, 6.45) is 3.14. The number of rotatable bonds is 7. The molecule has 0 atom stereocenters. The van der Waals surface area contributed by atoms with Crippen LogP contribution in [-0.4, -0.2) is 30.7 Å². The normalized spacial score (nSPS) is 12.2. The van der Waals surface area contributed by atoms with Crippen LogP contribution in [0.3, 0.4) is 0 Å². The van der Waals surface area contributed by atoms with E-state index in [1.54, 1.807) is 24.3 Å². The van der Waals surface area contributed by atoms with Crippen molar-refractivity contribution >= 4 is 23.4 Å². The zero-order valence-corrected chi connectivity index (χ0v) is 13.8. The maximum Gasteiger partial charge on any atom is 0.269 e. The summed E-state index contributed by atoms with van der Waals surface area (Å²) in [5, 5.41) is 16.4. The highest BCUT2D eigenvalue weighted by molar-refractivity contribution is 5.91. The first-order valence-corrected chi connectivity index (χ1v) is 7.96. The summed E-state index contributed by atoms with van der Waals surface area (Å²) >= 11 is 0. The van der Waals surface area contributed by atoms with Gasteiger partial charge in [0, 0.05) is 37.0 Å². The van der Waals surface area contributed by atoms with Crippen LogP contribution in [0.15, 0.2) is 48.5 Å². The second kappa shape index (κ2) is 8.02. The summed E-state index contributed by atoms with van der Waals surface area (Å²) in [5.41, 5.74) is 1.63. The molecule has 3 rings (SSSR count). The molecule has 1 heterocycles. The Kier molecular flexibility index (Phi) is 5.33. The zero-order valence-electron chi connectivity index (χ0n) is 13.8. The molecule has 26 heavy (non-hydrogen) atoms. The predicted octanol–water partition coefficient (Wildman–Crippen LogP) is 2.57. The first-order chi connectivity index (χ1) is 12.6. The second-order valence-corrected chi connectivity index (χ2v) is 5.47. The third kappa shape index (κ3) is 4.50. The van der Waals surface area contributed by atoms with Crippen LogP contribution in [0.1, 0.15) is 5.56 Å². The maximum atomic E-state index is 11.8. The van der Waals surface area contributed by atoms with Crippen LogP contribution >= 0.6 is 0 Å². The Morgan fingerprint density at radius 1 is 1.12 bits per heavy atom. The average Bonchev–Trinajstić information content (AvgIpc) is 3.11. The largest absolute Gasteiger partial charge is 0.454 e. The van der Waals surface area contributed by atoms with Gasteiger partial charge < -0.3 is 20.1 Å². The summed E-state index contributed by atoms with van der Waals surface area (Å²) in [7, 11) is 0. The van der Waals surface area contributed by atoms with Crippen LogP contribution < -0.4 is 20.1 Å². The van der Waals surface area contributed by atoms with Crippen molar-refractivity contribution in [2.75, 3.05) is 25.2 Å². The summed E-state index contributed by atoms with van der Waals surface area (Å²) in [4.78, 5) is 22.0. The van der Waals surface area contributed by atoms with Gasteiger partial charge in [-0.25, -0.2) is 0 Å². The number of nitrogens with zero attached hydrogens (tertiary/aromatic N) is 1. The van der Waals surface area contributed by atoms with Gasteiger partial charge >= 0.3 is 0 Å². The molecule has 2 N–H and O–H groups in total. The summed E-state index contributed by atoms with van der Waals surface area (Å²) < 4.78 is 10.5.